The molecule has 0 atom stereocenters. The van der Waals surface area contributed by atoms with E-state index in [1.54, 1.807) is 39.0 Å². The first kappa shape index (κ1) is 17.1. The Hall–Kier alpha value is -0.920. The number of sulfonamides is 1. The SMILES string of the molecule is CC(C)(C)N(CC(=O)Nc1cccc(Br)c1)S(C)(=O)=O. The fraction of sp³-hybridized carbons (Fsp3) is 0.462. The molecule has 1 rings (SSSR count). The number of halogens is 1. The minimum absolute atomic E-state index is 0.213. The van der Waals surface area contributed by atoms with Gasteiger partial charge in [0, 0.05) is 15.7 Å². The van der Waals surface area contributed by atoms with Gasteiger partial charge in [-0.25, -0.2) is 8.42 Å². The highest BCUT2D eigenvalue weighted by Crippen LogP contribution is 2.18. The Morgan fingerprint density at radius 2 is 1.95 bits per heavy atom. The monoisotopic (exact) mass is 362 g/mol. The summed E-state index contributed by atoms with van der Waals surface area (Å²) in [6, 6.07) is 7.12. The molecule has 0 saturated carbocycles. The highest BCUT2D eigenvalue weighted by Gasteiger charge is 2.31. The van der Waals surface area contributed by atoms with E-state index >= 15 is 0 Å². The van der Waals surface area contributed by atoms with Gasteiger partial charge in [-0.15, -0.1) is 0 Å². The molecule has 20 heavy (non-hydrogen) atoms. The van der Waals surface area contributed by atoms with Gasteiger partial charge < -0.3 is 5.32 Å². The van der Waals surface area contributed by atoms with Crippen LogP contribution in [-0.2, 0) is 14.8 Å². The summed E-state index contributed by atoms with van der Waals surface area (Å²) in [6.07, 6.45) is 1.10. The van der Waals surface area contributed by atoms with Gasteiger partial charge in [0.2, 0.25) is 15.9 Å². The van der Waals surface area contributed by atoms with Crippen molar-refractivity contribution >= 4 is 37.5 Å². The van der Waals surface area contributed by atoms with Crippen molar-refractivity contribution in [2.24, 2.45) is 0 Å². The molecule has 0 aliphatic carbocycles. The fourth-order valence-electron chi connectivity index (χ4n) is 1.75. The molecule has 1 aromatic carbocycles. The van der Waals surface area contributed by atoms with Crippen LogP contribution in [0.4, 0.5) is 5.69 Å². The average molecular weight is 363 g/mol. The van der Waals surface area contributed by atoms with Crippen molar-refractivity contribution in [3.63, 3.8) is 0 Å². The molecule has 0 saturated heterocycles. The van der Waals surface area contributed by atoms with Crippen LogP contribution in [0.3, 0.4) is 0 Å². The molecule has 0 fully saturated rings. The van der Waals surface area contributed by atoms with Crippen LogP contribution >= 0.6 is 15.9 Å². The topological polar surface area (TPSA) is 66.5 Å². The minimum atomic E-state index is -3.45. The quantitative estimate of drug-likeness (QED) is 0.894. The zero-order chi connectivity index (χ0) is 15.6. The van der Waals surface area contributed by atoms with Crippen LogP contribution in [0.1, 0.15) is 20.8 Å². The van der Waals surface area contributed by atoms with Gasteiger partial charge in [-0.3, -0.25) is 4.79 Å². The number of nitrogens with zero attached hydrogens (tertiary/aromatic N) is 1. The molecule has 0 heterocycles. The number of benzene rings is 1. The lowest BCUT2D eigenvalue weighted by Gasteiger charge is -2.32. The predicted octanol–water partition coefficient (Wildman–Crippen LogP) is 2.45. The van der Waals surface area contributed by atoms with E-state index in [9.17, 15) is 13.2 Å². The third-order valence-corrected chi connectivity index (χ3v) is 4.51. The highest BCUT2D eigenvalue weighted by molar-refractivity contribution is 9.10. The Morgan fingerprint density at radius 1 is 1.35 bits per heavy atom. The lowest BCUT2D eigenvalue weighted by Crippen LogP contribution is -2.48. The third-order valence-electron chi connectivity index (χ3n) is 2.54. The van der Waals surface area contributed by atoms with Crippen molar-refractivity contribution in [2.75, 3.05) is 18.1 Å². The van der Waals surface area contributed by atoms with E-state index in [1.165, 1.54) is 4.31 Å². The fourth-order valence-corrected chi connectivity index (χ4v) is 3.50. The molecule has 0 spiro atoms. The summed E-state index contributed by atoms with van der Waals surface area (Å²) < 4.78 is 25.5. The van der Waals surface area contributed by atoms with Gasteiger partial charge in [0.25, 0.3) is 0 Å². The summed E-state index contributed by atoms with van der Waals surface area (Å²) in [7, 11) is -3.45. The zero-order valence-electron chi connectivity index (χ0n) is 12.0. The minimum Gasteiger partial charge on any atom is -0.325 e. The molecule has 1 N–H and O–H groups in total. The van der Waals surface area contributed by atoms with E-state index < -0.39 is 15.6 Å². The molecule has 0 aromatic heterocycles. The number of hydrogen-bond acceptors (Lipinski definition) is 3. The second-order valence-electron chi connectivity index (χ2n) is 5.50. The first-order valence-corrected chi connectivity index (χ1v) is 8.67. The van der Waals surface area contributed by atoms with Gasteiger partial charge in [-0.1, -0.05) is 22.0 Å². The van der Waals surface area contributed by atoms with Crippen molar-refractivity contribution in [3.05, 3.63) is 28.7 Å². The van der Waals surface area contributed by atoms with Crippen LogP contribution in [0.25, 0.3) is 0 Å². The van der Waals surface area contributed by atoms with Gasteiger partial charge in [0.05, 0.1) is 12.8 Å². The van der Waals surface area contributed by atoms with Gasteiger partial charge in [0.15, 0.2) is 0 Å². The Kier molecular flexibility index (Phi) is 5.34. The Morgan fingerprint density at radius 3 is 2.40 bits per heavy atom. The second kappa shape index (κ2) is 6.24. The molecule has 0 bridgehead atoms. The van der Waals surface area contributed by atoms with Crippen molar-refractivity contribution in [3.8, 4) is 0 Å². The van der Waals surface area contributed by atoms with E-state index in [2.05, 4.69) is 21.2 Å². The molecule has 112 valence electrons. The Balaban J connectivity index is 2.83. The standard InChI is InChI=1S/C13H19BrN2O3S/c1-13(2,3)16(20(4,18)19)9-12(17)15-11-7-5-6-10(14)8-11/h5-8H,9H2,1-4H3,(H,15,17). The van der Waals surface area contributed by atoms with Crippen molar-refractivity contribution in [2.45, 2.75) is 26.3 Å². The molecule has 0 unspecified atom stereocenters. The summed E-state index contributed by atoms with van der Waals surface area (Å²) in [6.45, 7) is 5.04. The molecule has 0 aliphatic rings. The van der Waals surface area contributed by atoms with Crippen LogP contribution in [0, 0.1) is 0 Å². The van der Waals surface area contributed by atoms with Gasteiger partial charge >= 0.3 is 0 Å². The molecule has 1 aromatic rings. The van der Waals surface area contributed by atoms with E-state index in [-0.39, 0.29) is 12.5 Å². The number of rotatable bonds is 4. The Labute approximate surface area is 128 Å². The Bertz CT molecular complexity index is 594. The van der Waals surface area contributed by atoms with E-state index in [0.717, 1.165) is 10.7 Å². The van der Waals surface area contributed by atoms with E-state index in [1.807, 2.05) is 6.07 Å². The van der Waals surface area contributed by atoms with Crippen LogP contribution in [0.2, 0.25) is 0 Å². The van der Waals surface area contributed by atoms with Crippen molar-refractivity contribution in [1.29, 1.82) is 0 Å². The number of anilines is 1. The molecular weight excluding hydrogens is 344 g/mol. The number of amides is 1. The maximum atomic E-state index is 12.0. The number of carbonyl (C=O) groups is 1. The largest absolute Gasteiger partial charge is 0.325 e. The molecule has 1 amide bonds. The summed E-state index contributed by atoms with van der Waals surface area (Å²) in [5.41, 5.74) is -0.0333. The van der Waals surface area contributed by atoms with Crippen LogP contribution in [0.5, 0.6) is 0 Å². The van der Waals surface area contributed by atoms with Crippen LogP contribution in [-0.4, -0.2) is 37.0 Å². The van der Waals surface area contributed by atoms with Crippen LogP contribution in [0.15, 0.2) is 28.7 Å². The molecule has 0 aliphatic heterocycles. The second-order valence-corrected chi connectivity index (χ2v) is 8.32. The summed E-state index contributed by atoms with van der Waals surface area (Å²) in [5, 5.41) is 2.68. The number of carbonyl (C=O) groups excluding carboxylic acids is 1. The third kappa shape index (κ3) is 5.22. The van der Waals surface area contributed by atoms with E-state index in [4.69, 9.17) is 0 Å². The number of nitrogens with one attached hydrogen (secondary N) is 1. The van der Waals surface area contributed by atoms with Gasteiger partial charge in [-0.2, -0.15) is 4.31 Å². The average Bonchev–Trinajstić information content (AvgIpc) is 2.22. The summed E-state index contributed by atoms with van der Waals surface area (Å²) >= 11 is 3.31. The van der Waals surface area contributed by atoms with Crippen LogP contribution < -0.4 is 5.32 Å². The first-order chi connectivity index (χ1) is 9.00. The van der Waals surface area contributed by atoms with E-state index in [0.29, 0.717) is 5.69 Å². The first-order valence-electron chi connectivity index (χ1n) is 6.03. The normalized spacial score (nSPS) is 12.5. The molecule has 5 nitrogen and oxygen atoms in total. The molecule has 7 heteroatoms. The smallest absolute Gasteiger partial charge is 0.239 e. The highest BCUT2D eigenvalue weighted by atomic mass is 79.9. The van der Waals surface area contributed by atoms with Crippen molar-refractivity contribution < 1.29 is 13.2 Å². The lowest BCUT2D eigenvalue weighted by atomic mass is 10.1. The maximum Gasteiger partial charge on any atom is 0.239 e. The summed E-state index contributed by atoms with van der Waals surface area (Å²) in [4.78, 5) is 12.0. The lowest BCUT2D eigenvalue weighted by molar-refractivity contribution is -0.117. The van der Waals surface area contributed by atoms with Gasteiger partial charge in [-0.05, 0) is 39.0 Å². The van der Waals surface area contributed by atoms with Gasteiger partial charge in [0.1, 0.15) is 0 Å². The number of hydrogen-bond donors (Lipinski definition) is 1. The zero-order valence-corrected chi connectivity index (χ0v) is 14.4. The van der Waals surface area contributed by atoms with Crippen molar-refractivity contribution in [1.82, 2.24) is 4.31 Å². The summed E-state index contributed by atoms with van der Waals surface area (Å²) in [5.74, 6) is -0.372. The molecule has 0 radical (unpaired) electrons. The predicted molar refractivity (Wildman–Crippen MR) is 84.1 cm³/mol. The maximum absolute atomic E-state index is 12.0. The molecular formula is C13H19BrN2O3S.